The third-order valence-electron chi connectivity index (χ3n) is 3.79. The number of ether oxygens (including phenoxy) is 1. The Hall–Kier alpha value is -2.94. The summed E-state index contributed by atoms with van der Waals surface area (Å²) in [6, 6.07) is 7.79. The van der Waals surface area contributed by atoms with Gasteiger partial charge in [-0.3, -0.25) is 25.2 Å². The topological polar surface area (TPSA) is 96.5 Å². The average molecular weight is 407 g/mol. The Morgan fingerprint density at radius 2 is 1.64 bits per heavy atom. The number of hydrogen-bond acceptors (Lipinski definition) is 5. The first kappa shape index (κ1) is 21.4. The highest BCUT2D eigenvalue weighted by molar-refractivity contribution is 7.12. The van der Waals surface area contributed by atoms with E-state index in [1.54, 1.807) is 31.4 Å². The lowest BCUT2D eigenvalue weighted by Gasteiger charge is -2.22. The lowest BCUT2D eigenvalue weighted by Crippen LogP contribution is -2.55. The van der Waals surface area contributed by atoms with Crippen molar-refractivity contribution in [2.75, 3.05) is 0 Å². The van der Waals surface area contributed by atoms with E-state index in [0.29, 0.717) is 10.6 Å². The normalized spacial score (nSPS) is 12.8. The summed E-state index contributed by atoms with van der Waals surface area (Å²) < 4.78 is 18.3. The van der Waals surface area contributed by atoms with Gasteiger partial charge in [0, 0.05) is 0 Å². The summed E-state index contributed by atoms with van der Waals surface area (Å²) in [6.45, 7) is 5.05. The van der Waals surface area contributed by atoms with E-state index in [4.69, 9.17) is 4.74 Å². The maximum absolute atomic E-state index is 12.9. The minimum absolute atomic E-state index is 0.200. The van der Waals surface area contributed by atoms with Crippen molar-refractivity contribution in [1.29, 1.82) is 0 Å². The summed E-state index contributed by atoms with van der Waals surface area (Å²) in [5.41, 5.74) is 4.57. The molecule has 9 heteroatoms. The molecule has 0 saturated heterocycles. The first-order valence-corrected chi connectivity index (χ1v) is 9.52. The van der Waals surface area contributed by atoms with Gasteiger partial charge in [0.25, 0.3) is 17.7 Å². The van der Waals surface area contributed by atoms with E-state index in [2.05, 4.69) is 16.2 Å². The van der Waals surface area contributed by atoms with E-state index in [-0.39, 0.29) is 11.8 Å². The summed E-state index contributed by atoms with van der Waals surface area (Å²) >= 11 is 1.27. The molecule has 0 radical (unpaired) electrons. The highest BCUT2D eigenvalue weighted by Crippen LogP contribution is 2.13. The Kier molecular flexibility index (Phi) is 7.51. The maximum atomic E-state index is 12.9. The summed E-state index contributed by atoms with van der Waals surface area (Å²) in [5, 5.41) is 4.42. The van der Waals surface area contributed by atoms with Gasteiger partial charge in [0.15, 0.2) is 6.10 Å². The van der Waals surface area contributed by atoms with E-state index < -0.39 is 29.8 Å². The molecule has 0 bridgehead atoms. The fraction of sp³-hybridized carbons (Fsp3) is 0.316. The molecule has 2 rings (SSSR count). The molecule has 0 saturated carbocycles. The van der Waals surface area contributed by atoms with Gasteiger partial charge in [0.2, 0.25) is 0 Å². The lowest BCUT2D eigenvalue weighted by molar-refractivity contribution is -0.133. The smallest absolute Gasteiger partial charge is 0.279 e. The number of carbonyl (C=O) groups excluding carboxylic acids is 3. The number of hydrazine groups is 1. The fourth-order valence-electron chi connectivity index (χ4n) is 2.23. The second-order valence-corrected chi connectivity index (χ2v) is 7.31. The van der Waals surface area contributed by atoms with Crippen molar-refractivity contribution in [2.24, 2.45) is 5.92 Å². The zero-order valence-corrected chi connectivity index (χ0v) is 16.5. The van der Waals surface area contributed by atoms with E-state index in [1.165, 1.54) is 42.5 Å². The molecule has 0 aliphatic heterocycles. The van der Waals surface area contributed by atoms with Crippen molar-refractivity contribution in [1.82, 2.24) is 16.2 Å². The molecule has 0 spiro atoms. The Morgan fingerprint density at radius 3 is 2.21 bits per heavy atom. The van der Waals surface area contributed by atoms with Gasteiger partial charge in [0.05, 0.1) is 4.88 Å². The van der Waals surface area contributed by atoms with E-state index in [0.717, 1.165) is 0 Å². The molecule has 3 N–H and O–H groups in total. The van der Waals surface area contributed by atoms with Gasteiger partial charge in [-0.15, -0.1) is 11.3 Å². The fourth-order valence-corrected chi connectivity index (χ4v) is 2.86. The van der Waals surface area contributed by atoms with Crippen molar-refractivity contribution >= 4 is 29.1 Å². The van der Waals surface area contributed by atoms with Gasteiger partial charge in [-0.1, -0.05) is 19.9 Å². The minimum Gasteiger partial charge on any atom is -0.481 e. The van der Waals surface area contributed by atoms with Crippen LogP contribution in [0.2, 0.25) is 0 Å². The van der Waals surface area contributed by atoms with Crippen LogP contribution in [0.3, 0.4) is 0 Å². The van der Waals surface area contributed by atoms with E-state index >= 15 is 0 Å². The van der Waals surface area contributed by atoms with Gasteiger partial charge in [-0.2, -0.15) is 0 Å². The molecule has 2 aromatic rings. The SMILES string of the molecule is CC(C)[C@@H](NC(=O)c1cccs1)C(=O)NNC(=O)[C@@H](C)Oc1ccc(F)cc1. The summed E-state index contributed by atoms with van der Waals surface area (Å²) in [4.78, 5) is 37.2. The standard InChI is InChI=1S/C19H22FN3O4S/c1-11(2)16(21-18(25)15-5-4-10-28-15)19(26)23-22-17(24)12(3)27-14-8-6-13(20)7-9-14/h4-12,16H,1-3H3,(H,21,25)(H,22,24)(H,23,26)/t12-,16-/m1/s1. The van der Waals surface area contributed by atoms with Gasteiger partial charge in [-0.05, 0) is 48.6 Å². The number of benzene rings is 1. The van der Waals surface area contributed by atoms with Gasteiger partial charge in [0.1, 0.15) is 17.6 Å². The third kappa shape index (κ3) is 6.05. The van der Waals surface area contributed by atoms with Crippen molar-refractivity contribution in [3.8, 4) is 5.75 Å². The Labute approximate surface area is 166 Å². The largest absolute Gasteiger partial charge is 0.481 e. The summed E-state index contributed by atoms with van der Waals surface area (Å²) in [7, 11) is 0. The number of carbonyl (C=O) groups is 3. The van der Waals surface area contributed by atoms with Crippen LogP contribution in [-0.4, -0.2) is 29.9 Å². The number of rotatable bonds is 7. The quantitative estimate of drug-likeness (QED) is 0.614. The number of thiophene rings is 1. The summed E-state index contributed by atoms with van der Waals surface area (Å²) in [5.74, 6) is -1.80. The van der Waals surface area contributed by atoms with Gasteiger partial charge < -0.3 is 10.1 Å². The predicted octanol–water partition coefficient (Wildman–Crippen LogP) is 2.26. The van der Waals surface area contributed by atoms with Crippen molar-refractivity contribution in [3.05, 3.63) is 52.5 Å². The maximum Gasteiger partial charge on any atom is 0.279 e. The monoisotopic (exact) mass is 407 g/mol. The Morgan fingerprint density at radius 1 is 1.00 bits per heavy atom. The van der Waals surface area contributed by atoms with Crippen molar-refractivity contribution in [2.45, 2.75) is 32.9 Å². The predicted molar refractivity (Wildman–Crippen MR) is 103 cm³/mol. The molecule has 150 valence electrons. The van der Waals surface area contributed by atoms with Crippen LogP contribution in [0, 0.1) is 11.7 Å². The molecular weight excluding hydrogens is 385 g/mol. The number of halogens is 1. The van der Waals surface area contributed by atoms with Crippen LogP contribution in [-0.2, 0) is 9.59 Å². The van der Waals surface area contributed by atoms with Crippen molar-refractivity contribution < 1.29 is 23.5 Å². The zero-order valence-electron chi connectivity index (χ0n) is 15.7. The minimum atomic E-state index is -0.927. The highest BCUT2D eigenvalue weighted by Gasteiger charge is 2.26. The van der Waals surface area contributed by atoms with Crippen LogP contribution in [0.15, 0.2) is 41.8 Å². The van der Waals surface area contributed by atoms with E-state index in [1.807, 2.05) is 0 Å². The first-order chi connectivity index (χ1) is 13.3. The Bertz CT molecular complexity index is 809. The summed E-state index contributed by atoms with van der Waals surface area (Å²) in [6.07, 6.45) is -0.927. The van der Waals surface area contributed by atoms with Crippen LogP contribution < -0.4 is 20.9 Å². The van der Waals surface area contributed by atoms with E-state index in [9.17, 15) is 18.8 Å². The molecule has 1 aromatic carbocycles. The highest BCUT2D eigenvalue weighted by atomic mass is 32.1. The molecule has 1 aromatic heterocycles. The molecule has 3 amide bonds. The second kappa shape index (κ2) is 9.84. The molecule has 0 fully saturated rings. The molecule has 0 unspecified atom stereocenters. The molecule has 0 aliphatic rings. The molecule has 28 heavy (non-hydrogen) atoms. The molecule has 7 nitrogen and oxygen atoms in total. The van der Waals surface area contributed by atoms with Crippen LogP contribution >= 0.6 is 11.3 Å². The number of hydrogen-bond donors (Lipinski definition) is 3. The molecule has 1 heterocycles. The first-order valence-electron chi connectivity index (χ1n) is 8.64. The van der Waals surface area contributed by atoms with Gasteiger partial charge >= 0.3 is 0 Å². The van der Waals surface area contributed by atoms with Crippen molar-refractivity contribution in [3.63, 3.8) is 0 Å². The molecule has 2 atom stereocenters. The second-order valence-electron chi connectivity index (χ2n) is 6.36. The third-order valence-corrected chi connectivity index (χ3v) is 4.65. The number of nitrogens with one attached hydrogen (secondary N) is 3. The number of amides is 3. The van der Waals surface area contributed by atoms with Crippen LogP contribution in [0.5, 0.6) is 5.75 Å². The van der Waals surface area contributed by atoms with Gasteiger partial charge in [-0.25, -0.2) is 4.39 Å². The van der Waals surface area contributed by atoms with Crippen LogP contribution in [0.1, 0.15) is 30.4 Å². The zero-order chi connectivity index (χ0) is 20.7. The Balaban J connectivity index is 1.87. The molecule has 0 aliphatic carbocycles. The lowest BCUT2D eigenvalue weighted by atomic mass is 10.0. The van der Waals surface area contributed by atoms with Crippen LogP contribution in [0.25, 0.3) is 0 Å². The van der Waals surface area contributed by atoms with Crippen LogP contribution in [0.4, 0.5) is 4.39 Å². The average Bonchev–Trinajstić information content (AvgIpc) is 3.20. The molecular formula is C19H22FN3O4S.